The summed E-state index contributed by atoms with van der Waals surface area (Å²) in [6.45, 7) is 1.94. The topological polar surface area (TPSA) is 42.5 Å². The summed E-state index contributed by atoms with van der Waals surface area (Å²) in [4.78, 5) is 0. The molecule has 0 unspecified atom stereocenters. The Kier molecular flexibility index (Phi) is 5.76. The zero-order valence-electron chi connectivity index (χ0n) is 13.2. The predicted molar refractivity (Wildman–Crippen MR) is 93.7 cm³/mol. The SMILES string of the molecule is COc1ccc(OC)c([C@@H](C)NC(=S)Nc2ccccc2F)c1. The second kappa shape index (κ2) is 7.78. The Morgan fingerprint density at radius 1 is 1.13 bits per heavy atom. The number of para-hydroxylation sites is 1. The maximum Gasteiger partial charge on any atom is 0.171 e. The van der Waals surface area contributed by atoms with Gasteiger partial charge in [0.15, 0.2) is 5.11 Å². The Balaban J connectivity index is 2.10. The number of methoxy groups -OCH3 is 2. The number of thiocarbonyl (C=S) groups is 1. The molecule has 2 aromatic carbocycles. The summed E-state index contributed by atoms with van der Waals surface area (Å²) >= 11 is 5.25. The van der Waals surface area contributed by atoms with Gasteiger partial charge in [0.1, 0.15) is 17.3 Å². The predicted octanol–water partition coefficient (Wildman–Crippen LogP) is 3.89. The molecule has 2 N–H and O–H groups in total. The summed E-state index contributed by atoms with van der Waals surface area (Å²) in [6.07, 6.45) is 0. The lowest BCUT2D eigenvalue weighted by atomic mass is 10.1. The minimum Gasteiger partial charge on any atom is -0.497 e. The van der Waals surface area contributed by atoms with Gasteiger partial charge >= 0.3 is 0 Å². The normalized spacial score (nSPS) is 11.5. The van der Waals surface area contributed by atoms with Gasteiger partial charge in [0.25, 0.3) is 0 Å². The molecule has 6 heteroatoms. The fraction of sp³-hybridized carbons (Fsp3) is 0.235. The lowest BCUT2D eigenvalue weighted by molar-refractivity contribution is 0.395. The molecule has 0 radical (unpaired) electrons. The van der Waals surface area contributed by atoms with Crippen LogP contribution >= 0.6 is 12.2 Å². The summed E-state index contributed by atoms with van der Waals surface area (Å²) < 4.78 is 24.2. The molecule has 122 valence electrons. The second-order valence-corrected chi connectivity index (χ2v) is 5.32. The molecule has 0 aliphatic heterocycles. The van der Waals surface area contributed by atoms with Crippen molar-refractivity contribution < 1.29 is 13.9 Å². The molecular weight excluding hydrogens is 315 g/mol. The van der Waals surface area contributed by atoms with E-state index < -0.39 is 0 Å². The highest BCUT2D eigenvalue weighted by Gasteiger charge is 2.14. The zero-order valence-corrected chi connectivity index (χ0v) is 14.0. The molecule has 2 aromatic rings. The lowest BCUT2D eigenvalue weighted by Crippen LogP contribution is -2.31. The lowest BCUT2D eigenvalue weighted by Gasteiger charge is -2.20. The number of nitrogens with one attached hydrogen (secondary N) is 2. The van der Waals surface area contributed by atoms with Crippen molar-refractivity contribution in [3.63, 3.8) is 0 Å². The minimum atomic E-state index is -0.358. The molecule has 0 spiro atoms. The third kappa shape index (κ3) is 4.32. The number of benzene rings is 2. The van der Waals surface area contributed by atoms with Gasteiger partial charge in [-0.05, 0) is 49.5 Å². The average Bonchev–Trinajstić information content (AvgIpc) is 2.56. The molecule has 1 atom stereocenters. The van der Waals surface area contributed by atoms with E-state index in [1.807, 2.05) is 25.1 Å². The molecule has 0 aliphatic rings. The molecule has 0 saturated carbocycles. The van der Waals surface area contributed by atoms with Crippen molar-refractivity contribution in [2.45, 2.75) is 13.0 Å². The number of ether oxygens (including phenoxy) is 2. The Bertz CT molecular complexity index is 694. The van der Waals surface area contributed by atoms with Crippen LogP contribution < -0.4 is 20.1 Å². The largest absolute Gasteiger partial charge is 0.497 e. The highest BCUT2D eigenvalue weighted by Crippen LogP contribution is 2.29. The fourth-order valence-electron chi connectivity index (χ4n) is 2.17. The van der Waals surface area contributed by atoms with E-state index in [0.29, 0.717) is 10.8 Å². The van der Waals surface area contributed by atoms with Gasteiger partial charge < -0.3 is 20.1 Å². The monoisotopic (exact) mass is 334 g/mol. The van der Waals surface area contributed by atoms with Gasteiger partial charge in [0.05, 0.1) is 25.9 Å². The molecule has 0 bridgehead atoms. The van der Waals surface area contributed by atoms with Gasteiger partial charge in [-0.2, -0.15) is 0 Å². The third-order valence-corrected chi connectivity index (χ3v) is 3.59. The molecule has 2 rings (SSSR count). The van der Waals surface area contributed by atoms with Gasteiger partial charge in [-0.15, -0.1) is 0 Å². The number of rotatable bonds is 5. The van der Waals surface area contributed by atoms with Crippen LogP contribution in [0.1, 0.15) is 18.5 Å². The van der Waals surface area contributed by atoms with Gasteiger partial charge in [-0.1, -0.05) is 12.1 Å². The fourth-order valence-corrected chi connectivity index (χ4v) is 2.46. The van der Waals surface area contributed by atoms with Crippen LogP contribution in [0.25, 0.3) is 0 Å². The second-order valence-electron chi connectivity index (χ2n) is 4.91. The summed E-state index contributed by atoms with van der Waals surface area (Å²) in [5, 5.41) is 6.29. The van der Waals surface area contributed by atoms with Crippen molar-refractivity contribution in [1.29, 1.82) is 0 Å². The van der Waals surface area contributed by atoms with Crippen LogP contribution in [0.3, 0.4) is 0 Å². The van der Waals surface area contributed by atoms with Crippen molar-refractivity contribution in [2.75, 3.05) is 19.5 Å². The molecule has 0 amide bonds. The van der Waals surface area contributed by atoms with Crippen LogP contribution in [-0.4, -0.2) is 19.3 Å². The summed E-state index contributed by atoms with van der Waals surface area (Å²) in [7, 11) is 3.21. The third-order valence-electron chi connectivity index (χ3n) is 3.37. The maximum absolute atomic E-state index is 13.6. The summed E-state index contributed by atoms with van der Waals surface area (Å²) in [6, 6.07) is 11.8. The van der Waals surface area contributed by atoms with Gasteiger partial charge in [-0.25, -0.2) is 4.39 Å². The van der Waals surface area contributed by atoms with E-state index in [1.54, 1.807) is 32.4 Å². The van der Waals surface area contributed by atoms with E-state index in [0.717, 1.165) is 17.1 Å². The van der Waals surface area contributed by atoms with Crippen molar-refractivity contribution in [1.82, 2.24) is 5.32 Å². The Labute approximate surface area is 140 Å². The zero-order chi connectivity index (χ0) is 16.8. The maximum atomic E-state index is 13.6. The van der Waals surface area contributed by atoms with E-state index >= 15 is 0 Å². The first-order valence-electron chi connectivity index (χ1n) is 7.09. The van der Waals surface area contributed by atoms with Crippen molar-refractivity contribution in [3.05, 3.63) is 53.8 Å². The van der Waals surface area contributed by atoms with Crippen molar-refractivity contribution >= 4 is 23.0 Å². The van der Waals surface area contributed by atoms with E-state index in [-0.39, 0.29) is 11.9 Å². The van der Waals surface area contributed by atoms with E-state index in [2.05, 4.69) is 10.6 Å². The van der Waals surface area contributed by atoms with Crippen molar-refractivity contribution in [2.24, 2.45) is 0 Å². The summed E-state index contributed by atoms with van der Waals surface area (Å²) in [5.74, 6) is 1.09. The summed E-state index contributed by atoms with van der Waals surface area (Å²) in [5.41, 5.74) is 1.22. The quantitative estimate of drug-likeness (QED) is 0.812. The van der Waals surface area contributed by atoms with Crippen LogP contribution in [0.4, 0.5) is 10.1 Å². The first kappa shape index (κ1) is 17.0. The van der Waals surface area contributed by atoms with Crippen molar-refractivity contribution in [3.8, 4) is 11.5 Å². The molecule has 23 heavy (non-hydrogen) atoms. The van der Waals surface area contributed by atoms with Crippen LogP contribution in [0.5, 0.6) is 11.5 Å². The van der Waals surface area contributed by atoms with Gasteiger partial charge in [-0.3, -0.25) is 0 Å². The molecule has 0 fully saturated rings. The smallest absolute Gasteiger partial charge is 0.171 e. The number of hydrogen-bond donors (Lipinski definition) is 2. The van der Waals surface area contributed by atoms with Crippen LogP contribution in [-0.2, 0) is 0 Å². The average molecular weight is 334 g/mol. The standard InChI is InChI=1S/C17H19FN2O2S/c1-11(13-10-12(21-2)8-9-16(13)22-3)19-17(23)20-15-7-5-4-6-14(15)18/h4-11H,1-3H3,(H2,19,20,23)/t11-/m1/s1. The van der Waals surface area contributed by atoms with Crippen LogP contribution in [0.2, 0.25) is 0 Å². The molecule has 0 heterocycles. The van der Waals surface area contributed by atoms with Crippen LogP contribution in [0, 0.1) is 5.82 Å². The first-order chi connectivity index (χ1) is 11.0. The van der Waals surface area contributed by atoms with E-state index in [1.165, 1.54) is 6.07 Å². The Morgan fingerprint density at radius 3 is 2.52 bits per heavy atom. The Morgan fingerprint density at radius 2 is 1.87 bits per heavy atom. The first-order valence-corrected chi connectivity index (χ1v) is 7.50. The molecule has 0 aliphatic carbocycles. The number of hydrogen-bond acceptors (Lipinski definition) is 3. The molecule has 0 saturated heterocycles. The highest BCUT2D eigenvalue weighted by atomic mass is 32.1. The van der Waals surface area contributed by atoms with E-state index in [9.17, 15) is 4.39 Å². The van der Waals surface area contributed by atoms with Gasteiger partial charge in [0.2, 0.25) is 0 Å². The molecule has 4 nitrogen and oxygen atoms in total. The molecule has 0 aromatic heterocycles. The highest BCUT2D eigenvalue weighted by molar-refractivity contribution is 7.80. The van der Waals surface area contributed by atoms with Gasteiger partial charge in [0, 0.05) is 5.56 Å². The Hall–Kier alpha value is -2.34. The van der Waals surface area contributed by atoms with E-state index in [4.69, 9.17) is 21.7 Å². The minimum absolute atomic E-state index is 0.146. The van der Waals surface area contributed by atoms with Crippen LogP contribution in [0.15, 0.2) is 42.5 Å². The number of anilines is 1. The number of halogens is 1. The molecular formula is C17H19FN2O2S.